The van der Waals surface area contributed by atoms with Crippen LogP contribution in [0, 0.1) is 0 Å². The summed E-state index contributed by atoms with van der Waals surface area (Å²) in [4.78, 5) is 2.51. The van der Waals surface area contributed by atoms with Crippen molar-refractivity contribution < 1.29 is 13.5 Å². The number of alkyl halides is 2. The Balaban J connectivity index is 1.81. The van der Waals surface area contributed by atoms with E-state index in [1.165, 1.54) is 32.4 Å². The average molecular weight is 312 g/mol. The second kappa shape index (κ2) is 8.44. The summed E-state index contributed by atoms with van der Waals surface area (Å²) in [6, 6.07) is 7.43. The lowest BCUT2D eigenvalue weighted by molar-refractivity contribution is -0.0498. The van der Waals surface area contributed by atoms with Gasteiger partial charge in [-0.1, -0.05) is 18.6 Å². The van der Waals surface area contributed by atoms with Gasteiger partial charge in [0.15, 0.2) is 0 Å². The van der Waals surface area contributed by atoms with Crippen molar-refractivity contribution >= 4 is 0 Å². The number of nitrogens with zero attached hydrogens (tertiary/aromatic N) is 1. The maximum atomic E-state index is 12.1. The van der Waals surface area contributed by atoms with Crippen LogP contribution in [0.15, 0.2) is 24.3 Å². The molecule has 1 fully saturated rings. The van der Waals surface area contributed by atoms with Crippen molar-refractivity contribution in [2.75, 3.05) is 19.6 Å². The summed E-state index contributed by atoms with van der Waals surface area (Å²) in [6.45, 7) is 4.96. The Morgan fingerprint density at radius 2 is 1.73 bits per heavy atom. The van der Waals surface area contributed by atoms with Crippen molar-refractivity contribution in [3.05, 3.63) is 29.8 Å². The van der Waals surface area contributed by atoms with E-state index in [1.54, 1.807) is 12.1 Å². The number of halogens is 2. The molecule has 1 N–H and O–H groups in total. The van der Waals surface area contributed by atoms with Crippen molar-refractivity contribution in [2.45, 2.75) is 51.8 Å². The molecule has 0 saturated carbocycles. The van der Waals surface area contributed by atoms with Crippen molar-refractivity contribution in [1.29, 1.82) is 0 Å². The van der Waals surface area contributed by atoms with E-state index in [9.17, 15) is 8.78 Å². The Morgan fingerprint density at radius 1 is 1.09 bits per heavy atom. The van der Waals surface area contributed by atoms with Gasteiger partial charge in [0.2, 0.25) is 0 Å². The van der Waals surface area contributed by atoms with Crippen LogP contribution < -0.4 is 10.1 Å². The Bertz CT molecular complexity index is 433. The molecule has 2 rings (SSSR count). The zero-order valence-corrected chi connectivity index (χ0v) is 13.4. The fourth-order valence-electron chi connectivity index (χ4n) is 3.04. The number of benzene rings is 1. The van der Waals surface area contributed by atoms with Gasteiger partial charge in [0.1, 0.15) is 5.75 Å². The van der Waals surface area contributed by atoms with Gasteiger partial charge in [-0.05, 0) is 57.5 Å². The van der Waals surface area contributed by atoms with Crippen LogP contribution in [0.2, 0.25) is 0 Å². The molecule has 1 heterocycles. The second-order valence-corrected chi connectivity index (χ2v) is 6.10. The predicted molar refractivity (Wildman–Crippen MR) is 84.4 cm³/mol. The topological polar surface area (TPSA) is 24.5 Å². The van der Waals surface area contributed by atoms with Crippen LogP contribution in [0.3, 0.4) is 0 Å². The van der Waals surface area contributed by atoms with Crippen molar-refractivity contribution in [3.8, 4) is 5.75 Å². The van der Waals surface area contributed by atoms with Crippen LogP contribution in [0.25, 0.3) is 0 Å². The lowest BCUT2D eigenvalue weighted by Crippen LogP contribution is -2.42. The van der Waals surface area contributed by atoms with E-state index in [2.05, 4.69) is 28.8 Å². The van der Waals surface area contributed by atoms with E-state index < -0.39 is 6.61 Å². The van der Waals surface area contributed by atoms with Gasteiger partial charge in [-0.25, -0.2) is 0 Å². The molecule has 0 aliphatic carbocycles. The van der Waals surface area contributed by atoms with Crippen molar-refractivity contribution in [1.82, 2.24) is 10.2 Å². The van der Waals surface area contributed by atoms with Gasteiger partial charge in [-0.2, -0.15) is 8.78 Å². The normalized spacial score (nSPS) is 19.1. The van der Waals surface area contributed by atoms with E-state index in [1.807, 2.05) is 12.1 Å². The summed E-state index contributed by atoms with van der Waals surface area (Å²) < 4.78 is 28.6. The molecule has 2 unspecified atom stereocenters. The molecule has 0 bridgehead atoms. The highest BCUT2D eigenvalue weighted by Gasteiger charge is 2.15. The van der Waals surface area contributed by atoms with Gasteiger partial charge < -0.3 is 15.0 Å². The van der Waals surface area contributed by atoms with Crippen molar-refractivity contribution in [2.24, 2.45) is 0 Å². The molecule has 5 heteroatoms. The fourth-order valence-corrected chi connectivity index (χ4v) is 3.04. The van der Waals surface area contributed by atoms with Crippen LogP contribution in [0.1, 0.15) is 44.7 Å². The van der Waals surface area contributed by atoms with Gasteiger partial charge in [0, 0.05) is 18.6 Å². The Labute approximate surface area is 131 Å². The third kappa shape index (κ3) is 5.54. The number of ether oxygens (including phenoxy) is 1. The maximum absolute atomic E-state index is 12.1. The van der Waals surface area contributed by atoms with Gasteiger partial charge in [0.25, 0.3) is 0 Å². The lowest BCUT2D eigenvalue weighted by atomic mass is 10.1. The molecule has 3 nitrogen and oxygen atoms in total. The highest BCUT2D eigenvalue weighted by molar-refractivity contribution is 5.29. The third-order valence-corrected chi connectivity index (χ3v) is 4.12. The van der Waals surface area contributed by atoms with E-state index in [-0.39, 0.29) is 11.8 Å². The van der Waals surface area contributed by atoms with E-state index in [0.717, 1.165) is 12.1 Å². The Morgan fingerprint density at radius 3 is 2.32 bits per heavy atom. The van der Waals surface area contributed by atoms with E-state index in [0.29, 0.717) is 6.04 Å². The Kier molecular flexibility index (Phi) is 6.58. The highest BCUT2D eigenvalue weighted by atomic mass is 19.3. The maximum Gasteiger partial charge on any atom is 0.387 e. The smallest absolute Gasteiger partial charge is 0.387 e. The van der Waals surface area contributed by atoms with Gasteiger partial charge >= 0.3 is 6.61 Å². The molecule has 22 heavy (non-hydrogen) atoms. The highest BCUT2D eigenvalue weighted by Crippen LogP contribution is 2.19. The number of likely N-dealkylation sites (tertiary alicyclic amines) is 1. The standard InChI is InChI=1S/C17H26F2N2O/c1-13(12-21-10-4-3-5-11-21)20-14(2)15-6-8-16(9-7-15)22-17(18)19/h6-9,13-14,17,20H,3-5,10-12H2,1-2H3. The molecule has 0 aromatic heterocycles. The number of hydrogen-bond donors (Lipinski definition) is 1. The molecule has 2 atom stereocenters. The first kappa shape index (κ1) is 17.2. The van der Waals surface area contributed by atoms with E-state index in [4.69, 9.17) is 0 Å². The zero-order chi connectivity index (χ0) is 15.9. The van der Waals surface area contributed by atoms with Crippen LogP contribution in [-0.2, 0) is 0 Å². The number of rotatable bonds is 7. The molecule has 124 valence electrons. The van der Waals surface area contributed by atoms with Gasteiger partial charge in [-0.15, -0.1) is 0 Å². The molecule has 1 aromatic rings. The minimum atomic E-state index is -2.77. The Hall–Kier alpha value is -1.20. The summed E-state index contributed by atoms with van der Waals surface area (Å²) in [7, 11) is 0. The molecular weight excluding hydrogens is 286 g/mol. The molecule has 0 radical (unpaired) electrons. The minimum absolute atomic E-state index is 0.181. The van der Waals surface area contributed by atoms with Crippen LogP contribution in [0.4, 0.5) is 8.78 Å². The largest absolute Gasteiger partial charge is 0.435 e. The molecular formula is C17H26F2N2O. The minimum Gasteiger partial charge on any atom is -0.435 e. The van der Waals surface area contributed by atoms with Crippen LogP contribution in [0.5, 0.6) is 5.75 Å². The molecule has 1 aliphatic heterocycles. The first-order valence-electron chi connectivity index (χ1n) is 8.08. The molecule has 1 aliphatic rings. The monoisotopic (exact) mass is 312 g/mol. The fraction of sp³-hybridized carbons (Fsp3) is 0.647. The first-order valence-corrected chi connectivity index (χ1v) is 8.08. The predicted octanol–water partition coefficient (Wildman–Crippen LogP) is 3.81. The number of piperidine rings is 1. The lowest BCUT2D eigenvalue weighted by Gasteiger charge is -2.30. The molecule has 1 saturated heterocycles. The molecule has 1 aromatic carbocycles. The second-order valence-electron chi connectivity index (χ2n) is 6.10. The van der Waals surface area contributed by atoms with Crippen LogP contribution >= 0.6 is 0 Å². The summed E-state index contributed by atoms with van der Waals surface area (Å²) in [5, 5.41) is 3.57. The molecule has 0 amide bonds. The number of nitrogens with one attached hydrogen (secondary N) is 1. The third-order valence-electron chi connectivity index (χ3n) is 4.12. The number of hydrogen-bond acceptors (Lipinski definition) is 3. The van der Waals surface area contributed by atoms with Crippen molar-refractivity contribution in [3.63, 3.8) is 0 Å². The summed E-state index contributed by atoms with van der Waals surface area (Å²) in [5.74, 6) is 0.201. The average Bonchev–Trinajstić information content (AvgIpc) is 2.48. The summed E-state index contributed by atoms with van der Waals surface area (Å²) in [5.41, 5.74) is 1.08. The van der Waals surface area contributed by atoms with Gasteiger partial charge in [0.05, 0.1) is 0 Å². The van der Waals surface area contributed by atoms with Gasteiger partial charge in [-0.3, -0.25) is 0 Å². The summed E-state index contributed by atoms with van der Waals surface area (Å²) >= 11 is 0. The van der Waals surface area contributed by atoms with E-state index >= 15 is 0 Å². The summed E-state index contributed by atoms with van der Waals surface area (Å²) in [6.07, 6.45) is 3.95. The quantitative estimate of drug-likeness (QED) is 0.828. The zero-order valence-electron chi connectivity index (χ0n) is 13.4. The molecule has 0 spiro atoms. The van der Waals surface area contributed by atoms with Crippen LogP contribution in [-0.4, -0.2) is 37.2 Å². The SMILES string of the molecule is CC(CN1CCCCC1)NC(C)c1ccc(OC(F)F)cc1. The first-order chi connectivity index (χ1) is 10.5.